The maximum atomic E-state index is 9.48. The lowest BCUT2D eigenvalue weighted by Gasteiger charge is -2.32. The summed E-state index contributed by atoms with van der Waals surface area (Å²) in [7, 11) is -0.355. The van der Waals surface area contributed by atoms with Gasteiger partial charge in [-0.05, 0) is 132 Å². The largest absolute Gasteiger partial charge is 0.494 e. The lowest BCUT2D eigenvalue weighted by molar-refractivity contribution is 0.00578. The van der Waals surface area contributed by atoms with Crippen molar-refractivity contribution < 1.29 is 19.5 Å². The predicted octanol–water partition coefficient (Wildman–Crippen LogP) is 9.00. The van der Waals surface area contributed by atoms with Crippen LogP contribution in [0.3, 0.4) is 0 Å². The average molecular weight is 963 g/mol. The molecule has 18 heteroatoms. The van der Waals surface area contributed by atoms with Crippen molar-refractivity contribution in [3.05, 3.63) is 138 Å². The van der Waals surface area contributed by atoms with Crippen LogP contribution in [0, 0.1) is 0 Å². The van der Waals surface area contributed by atoms with Gasteiger partial charge in [0.2, 0.25) is 0 Å². The van der Waals surface area contributed by atoms with E-state index < -0.39 is 0 Å². The van der Waals surface area contributed by atoms with E-state index >= 15 is 0 Å². The molecule has 3 saturated heterocycles. The number of hydrogen-bond donors (Lipinski definition) is 4. The summed E-state index contributed by atoms with van der Waals surface area (Å²) in [6.45, 7) is 14.8. The number of aliphatic hydroxyl groups is 2. The molecule has 0 aliphatic carbocycles. The third-order valence-electron chi connectivity index (χ3n) is 13.5. The standard InChI is InChI=1S/C23H24N6O.C16H17ClN6.C13H19BO3/c1-16-5-4-10-28(16)22-9-3-8-21(27-22)26-20-12-19(13-29-23(20)24-15-25-29)18-7-2-6-17(11-18)14-30;1-11-4-3-7-22(11)15-6-2-5-14(21-15)20-13-8-12(17)9-23-16(13)18-10-19-23;1-12(2)13(3,4)17-14(16-12)11-7-5-6-10(8-11)9-15/h2-3,6-9,11-13,15-16,30H,4-5,10,14H2,1H3,(H,26,27);2,5-6,8-11H,3-4,7H2,1H3,(H,20,21);5-8,15H,9H2,1-4H3/t16-;11-;/m00./s1. The summed E-state index contributed by atoms with van der Waals surface area (Å²) >= 11 is 6.14. The minimum absolute atomic E-state index is 0.0101. The predicted molar refractivity (Wildman–Crippen MR) is 278 cm³/mol. The first kappa shape index (κ1) is 48.4. The van der Waals surface area contributed by atoms with Gasteiger partial charge in [0.1, 0.15) is 35.9 Å². The fraction of sp³-hybridized carbons (Fsp3) is 0.346. The Morgan fingerprint density at radius 1 is 0.643 bits per heavy atom. The van der Waals surface area contributed by atoms with Gasteiger partial charge in [0, 0.05) is 43.1 Å². The number of rotatable bonds is 10. The van der Waals surface area contributed by atoms with Gasteiger partial charge in [0.05, 0.1) is 40.8 Å². The molecule has 0 amide bonds. The van der Waals surface area contributed by atoms with E-state index in [1.807, 2.05) is 119 Å². The van der Waals surface area contributed by atoms with E-state index in [-0.39, 0.29) is 31.5 Å². The molecule has 0 spiro atoms. The molecule has 0 unspecified atom stereocenters. The van der Waals surface area contributed by atoms with Crippen LogP contribution < -0.4 is 25.9 Å². The lowest BCUT2D eigenvalue weighted by atomic mass is 9.78. The lowest BCUT2D eigenvalue weighted by Crippen LogP contribution is -2.41. The third kappa shape index (κ3) is 10.7. The van der Waals surface area contributed by atoms with Crippen molar-refractivity contribution in [1.29, 1.82) is 0 Å². The highest BCUT2D eigenvalue weighted by atomic mass is 35.5. The van der Waals surface area contributed by atoms with E-state index in [0.717, 1.165) is 86.7 Å². The molecule has 11 rings (SSSR count). The Hall–Kier alpha value is -6.63. The topological polar surface area (TPSA) is 176 Å². The summed E-state index contributed by atoms with van der Waals surface area (Å²) in [4.78, 5) is 22.9. The van der Waals surface area contributed by atoms with Crippen molar-refractivity contribution >= 4 is 70.1 Å². The van der Waals surface area contributed by atoms with E-state index in [2.05, 4.69) is 66.6 Å². The molecule has 0 radical (unpaired) electrons. The Labute approximate surface area is 413 Å². The van der Waals surface area contributed by atoms with Gasteiger partial charge in [-0.3, -0.25) is 0 Å². The zero-order valence-electron chi connectivity index (χ0n) is 40.5. The molecule has 6 aromatic heterocycles. The first-order valence-electron chi connectivity index (χ1n) is 23.9. The van der Waals surface area contributed by atoms with Crippen LogP contribution in [0.2, 0.25) is 5.02 Å². The highest BCUT2D eigenvalue weighted by Gasteiger charge is 2.51. The average Bonchev–Trinajstić information content (AvgIpc) is 4.22. The van der Waals surface area contributed by atoms with Gasteiger partial charge in [-0.1, -0.05) is 66.2 Å². The molecule has 362 valence electrons. The van der Waals surface area contributed by atoms with Gasteiger partial charge in [-0.25, -0.2) is 29.0 Å². The van der Waals surface area contributed by atoms with Crippen LogP contribution in [0.5, 0.6) is 0 Å². The Balaban J connectivity index is 0.000000136. The van der Waals surface area contributed by atoms with Crippen LogP contribution >= 0.6 is 11.6 Å². The summed E-state index contributed by atoms with van der Waals surface area (Å²) in [6.07, 6.45) is 11.6. The molecular weight excluding hydrogens is 903 g/mol. The fourth-order valence-electron chi connectivity index (χ4n) is 8.96. The molecule has 8 aromatic rings. The molecule has 2 atom stereocenters. The zero-order valence-corrected chi connectivity index (χ0v) is 41.3. The second kappa shape index (κ2) is 20.8. The molecule has 16 nitrogen and oxygen atoms in total. The number of benzene rings is 2. The van der Waals surface area contributed by atoms with Gasteiger partial charge in [0.15, 0.2) is 11.3 Å². The minimum Gasteiger partial charge on any atom is -0.399 e. The highest BCUT2D eigenvalue weighted by molar-refractivity contribution is 6.62. The second-order valence-electron chi connectivity index (χ2n) is 19.0. The summed E-state index contributed by atoms with van der Waals surface area (Å²) in [5.41, 5.74) is 7.11. The van der Waals surface area contributed by atoms with Gasteiger partial charge >= 0.3 is 7.12 Å². The van der Waals surface area contributed by atoms with Crippen LogP contribution in [0.15, 0.2) is 122 Å². The number of nitrogens with one attached hydrogen (secondary N) is 2. The van der Waals surface area contributed by atoms with Gasteiger partial charge in [-0.15, -0.1) is 0 Å². The highest BCUT2D eigenvalue weighted by Crippen LogP contribution is 2.37. The Bertz CT molecular complexity index is 3060. The van der Waals surface area contributed by atoms with Gasteiger partial charge in [-0.2, -0.15) is 10.2 Å². The third-order valence-corrected chi connectivity index (χ3v) is 13.7. The van der Waals surface area contributed by atoms with Gasteiger partial charge < -0.3 is 40.0 Å². The number of nitrogens with zero attached hydrogens (tertiary/aromatic N) is 10. The second-order valence-corrected chi connectivity index (χ2v) is 19.4. The number of aromatic nitrogens is 8. The maximum Gasteiger partial charge on any atom is 0.494 e. The van der Waals surface area contributed by atoms with Crippen LogP contribution in [-0.2, 0) is 22.5 Å². The van der Waals surface area contributed by atoms with E-state index in [0.29, 0.717) is 17.1 Å². The van der Waals surface area contributed by atoms with Crippen molar-refractivity contribution in [2.45, 2.75) is 104 Å². The van der Waals surface area contributed by atoms with Gasteiger partial charge in [0.25, 0.3) is 0 Å². The van der Waals surface area contributed by atoms with Crippen LogP contribution in [0.4, 0.5) is 34.6 Å². The molecular formula is C52H60BClN12O4. The summed E-state index contributed by atoms with van der Waals surface area (Å²) in [6, 6.07) is 32.5. The number of halogens is 1. The Morgan fingerprint density at radius 2 is 1.16 bits per heavy atom. The normalized spacial score (nSPS) is 18.2. The number of fused-ring (bicyclic) bond motifs is 2. The minimum atomic E-state index is -0.355. The van der Waals surface area contributed by atoms with Crippen LogP contribution in [-0.4, -0.2) is 92.9 Å². The zero-order chi connectivity index (χ0) is 49.0. The SMILES string of the molecule is CC1(C)OB(c2cccc(CO)c2)OC1(C)C.C[C@H]1CCCN1c1cccc(Nc2cc(-c3cccc(CO)c3)cn3ncnc23)n1.C[C@H]1CCCN1c1cccc(Nc2cc(Cl)cn3ncnc23)n1. The molecule has 3 fully saturated rings. The molecule has 70 heavy (non-hydrogen) atoms. The Kier molecular flexibility index (Phi) is 14.4. The molecule has 3 aliphatic rings. The van der Waals surface area contributed by atoms with Crippen molar-refractivity contribution in [3.8, 4) is 11.1 Å². The summed E-state index contributed by atoms with van der Waals surface area (Å²) in [5.74, 6) is 3.54. The Morgan fingerprint density at radius 3 is 1.70 bits per heavy atom. The smallest absolute Gasteiger partial charge is 0.399 e. The fourth-order valence-corrected chi connectivity index (χ4v) is 9.16. The maximum absolute atomic E-state index is 9.48. The van der Waals surface area contributed by atoms with Crippen LogP contribution in [0.25, 0.3) is 22.4 Å². The molecule has 3 aliphatic heterocycles. The summed E-state index contributed by atoms with van der Waals surface area (Å²) < 4.78 is 15.3. The first-order chi connectivity index (χ1) is 33.8. The van der Waals surface area contributed by atoms with Crippen molar-refractivity contribution in [2.75, 3.05) is 33.5 Å². The van der Waals surface area contributed by atoms with Crippen molar-refractivity contribution in [2.24, 2.45) is 0 Å². The molecule has 9 heterocycles. The van der Waals surface area contributed by atoms with E-state index in [1.165, 1.54) is 32.0 Å². The molecule has 0 bridgehead atoms. The number of anilines is 6. The molecule has 2 aromatic carbocycles. The quantitative estimate of drug-likeness (QED) is 0.0956. The van der Waals surface area contributed by atoms with Crippen LogP contribution in [0.1, 0.15) is 78.4 Å². The molecule has 4 N–H and O–H groups in total. The summed E-state index contributed by atoms with van der Waals surface area (Å²) in [5, 5.41) is 34.4. The number of aliphatic hydroxyl groups excluding tert-OH is 2. The van der Waals surface area contributed by atoms with E-state index in [1.54, 1.807) is 21.6 Å². The van der Waals surface area contributed by atoms with Crippen molar-refractivity contribution in [1.82, 2.24) is 39.2 Å². The van der Waals surface area contributed by atoms with E-state index in [4.69, 9.17) is 36.0 Å². The molecule has 0 saturated carbocycles. The monoisotopic (exact) mass is 962 g/mol. The van der Waals surface area contributed by atoms with Crippen molar-refractivity contribution in [3.63, 3.8) is 0 Å². The van der Waals surface area contributed by atoms with E-state index in [9.17, 15) is 5.11 Å². The first-order valence-corrected chi connectivity index (χ1v) is 24.2. The number of pyridine rings is 4. The number of hydrogen-bond acceptors (Lipinski definition) is 14.